The number of piperidine rings is 1. The third-order valence-corrected chi connectivity index (χ3v) is 5.70. The Kier molecular flexibility index (Phi) is 5.56. The topological polar surface area (TPSA) is 62.2 Å². The van der Waals surface area contributed by atoms with E-state index in [2.05, 4.69) is 39.1 Å². The number of aryl methyl sites for hydroxylation is 2. The summed E-state index contributed by atoms with van der Waals surface area (Å²) < 4.78 is 2.18. The molecule has 3 rings (SSSR count). The Morgan fingerprint density at radius 1 is 1.46 bits per heavy atom. The summed E-state index contributed by atoms with van der Waals surface area (Å²) in [5.74, 6) is 1.32. The lowest BCUT2D eigenvalue weighted by Crippen LogP contribution is -2.41. The van der Waals surface area contributed by atoms with Crippen LogP contribution in [0.3, 0.4) is 0 Å². The summed E-state index contributed by atoms with van der Waals surface area (Å²) in [4.78, 5) is 19.2. The SMILES string of the molecule is CCc1nccn1CCCNC(=O)[C@H]1CC2(CCNCC2)CN1C. The van der Waals surface area contributed by atoms with Gasteiger partial charge in [0.1, 0.15) is 5.82 Å². The number of imidazole rings is 1. The number of nitrogens with zero attached hydrogens (tertiary/aromatic N) is 3. The molecule has 0 aromatic carbocycles. The van der Waals surface area contributed by atoms with E-state index in [-0.39, 0.29) is 11.9 Å². The van der Waals surface area contributed by atoms with Crippen molar-refractivity contribution in [3.8, 4) is 0 Å². The number of likely N-dealkylation sites (N-methyl/N-ethyl adjacent to an activating group) is 1. The molecule has 0 aliphatic carbocycles. The van der Waals surface area contributed by atoms with Crippen molar-refractivity contribution in [2.24, 2.45) is 5.41 Å². The van der Waals surface area contributed by atoms with Crippen LogP contribution in [-0.2, 0) is 17.8 Å². The van der Waals surface area contributed by atoms with Gasteiger partial charge in [0.05, 0.1) is 6.04 Å². The van der Waals surface area contributed by atoms with Gasteiger partial charge in [-0.2, -0.15) is 0 Å². The van der Waals surface area contributed by atoms with Gasteiger partial charge in [0.25, 0.3) is 0 Å². The number of rotatable bonds is 6. The minimum Gasteiger partial charge on any atom is -0.355 e. The summed E-state index contributed by atoms with van der Waals surface area (Å²) in [5.41, 5.74) is 0.356. The van der Waals surface area contributed by atoms with Crippen LogP contribution in [0.15, 0.2) is 12.4 Å². The zero-order valence-corrected chi connectivity index (χ0v) is 15.1. The molecule has 1 atom stereocenters. The Labute approximate surface area is 145 Å². The van der Waals surface area contributed by atoms with Crippen LogP contribution in [0.25, 0.3) is 0 Å². The van der Waals surface area contributed by atoms with Gasteiger partial charge in [-0.1, -0.05) is 6.92 Å². The van der Waals surface area contributed by atoms with Crippen LogP contribution in [0.2, 0.25) is 0 Å². The van der Waals surface area contributed by atoms with Gasteiger partial charge in [0.2, 0.25) is 5.91 Å². The molecule has 6 heteroatoms. The van der Waals surface area contributed by atoms with Crippen molar-refractivity contribution in [2.45, 2.75) is 51.6 Å². The maximum absolute atomic E-state index is 12.6. The summed E-state index contributed by atoms with van der Waals surface area (Å²) in [6.07, 6.45) is 9.17. The Hall–Kier alpha value is -1.40. The Bertz CT molecular complexity index is 549. The zero-order valence-electron chi connectivity index (χ0n) is 15.1. The number of carbonyl (C=O) groups is 1. The molecule has 2 fully saturated rings. The molecule has 1 spiro atoms. The largest absolute Gasteiger partial charge is 0.355 e. The van der Waals surface area contributed by atoms with Gasteiger partial charge in [0.15, 0.2) is 0 Å². The molecule has 0 unspecified atom stereocenters. The van der Waals surface area contributed by atoms with Crippen molar-refractivity contribution in [1.29, 1.82) is 0 Å². The monoisotopic (exact) mass is 333 g/mol. The highest BCUT2D eigenvalue weighted by atomic mass is 16.2. The van der Waals surface area contributed by atoms with Crippen LogP contribution in [-0.4, -0.2) is 59.6 Å². The second-order valence-corrected chi connectivity index (χ2v) is 7.42. The fourth-order valence-corrected chi connectivity index (χ4v) is 4.32. The lowest BCUT2D eigenvalue weighted by atomic mass is 9.77. The van der Waals surface area contributed by atoms with Gasteiger partial charge >= 0.3 is 0 Å². The number of likely N-dealkylation sites (tertiary alicyclic amines) is 1. The number of hydrogen-bond acceptors (Lipinski definition) is 4. The van der Waals surface area contributed by atoms with Crippen molar-refractivity contribution in [1.82, 2.24) is 25.1 Å². The maximum atomic E-state index is 12.6. The fraction of sp³-hybridized carbons (Fsp3) is 0.778. The number of nitrogens with one attached hydrogen (secondary N) is 2. The van der Waals surface area contributed by atoms with Crippen molar-refractivity contribution >= 4 is 5.91 Å². The van der Waals surface area contributed by atoms with Crippen LogP contribution in [0, 0.1) is 5.41 Å². The van der Waals surface area contributed by atoms with E-state index in [0.29, 0.717) is 5.41 Å². The van der Waals surface area contributed by atoms with Gasteiger partial charge in [-0.05, 0) is 51.2 Å². The van der Waals surface area contributed by atoms with Crippen LogP contribution in [0.1, 0.15) is 38.4 Å². The van der Waals surface area contributed by atoms with E-state index < -0.39 is 0 Å². The van der Waals surface area contributed by atoms with Crippen LogP contribution in [0.4, 0.5) is 0 Å². The van der Waals surface area contributed by atoms with Crippen molar-refractivity contribution in [3.63, 3.8) is 0 Å². The molecule has 2 aliphatic heterocycles. The molecule has 0 saturated carbocycles. The molecule has 1 aromatic heterocycles. The second kappa shape index (κ2) is 7.66. The maximum Gasteiger partial charge on any atom is 0.237 e. The Balaban J connectivity index is 1.43. The average Bonchev–Trinajstić information content (AvgIpc) is 3.16. The zero-order chi connectivity index (χ0) is 17.0. The van der Waals surface area contributed by atoms with E-state index in [9.17, 15) is 4.79 Å². The first-order chi connectivity index (χ1) is 11.6. The average molecular weight is 333 g/mol. The number of hydrogen-bond donors (Lipinski definition) is 2. The normalized spacial score (nSPS) is 23.7. The van der Waals surface area contributed by atoms with Crippen molar-refractivity contribution in [3.05, 3.63) is 18.2 Å². The first kappa shape index (κ1) is 17.4. The van der Waals surface area contributed by atoms with Crippen LogP contribution >= 0.6 is 0 Å². The van der Waals surface area contributed by atoms with E-state index in [0.717, 1.165) is 57.8 Å². The third-order valence-electron chi connectivity index (χ3n) is 5.70. The quantitative estimate of drug-likeness (QED) is 0.763. The first-order valence-corrected chi connectivity index (χ1v) is 9.32. The molecule has 2 N–H and O–H groups in total. The standard InChI is InChI=1S/C18H31N5O/c1-3-16-20-10-12-23(16)11-4-7-21-17(24)15-13-18(14-22(15)2)5-8-19-9-6-18/h10,12,15,19H,3-9,11,13-14H2,1-2H3,(H,21,24)/t15-/m1/s1. The molecule has 24 heavy (non-hydrogen) atoms. The summed E-state index contributed by atoms with van der Waals surface area (Å²) in [6, 6.07) is 0.0440. The van der Waals surface area contributed by atoms with Gasteiger partial charge in [-0.25, -0.2) is 4.98 Å². The van der Waals surface area contributed by atoms with Crippen molar-refractivity contribution < 1.29 is 4.79 Å². The van der Waals surface area contributed by atoms with E-state index in [4.69, 9.17) is 0 Å². The lowest BCUT2D eigenvalue weighted by Gasteiger charge is -2.33. The number of amides is 1. The van der Waals surface area contributed by atoms with E-state index >= 15 is 0 Å². The summed E-state index contributed by atoms with van der Waals surface area (Å²) in [7, 11) is 2.10. The molecular formula is C18H31N5O. The molecule has 2 saturated heterocycles. The van der Waals surface area contributed by atoms with Gasteiger partial charge in [-0.15, -0.1) is 0 Å². The Morgan fingerprint density at radius 2 is 2.25 bits per heavy atom. The van der Waals surface area contributed by atoms with E-state index in [1.807, 2.05) is 12.4 Å². The first-order valence-electron chi connectivity index (χ1n) is 9.32. The Morgan fingerprint density at radius 3 is 3.00 bits per heavy atom. The van der Waals surface area contributed by atoms with Crippen molar-refractivity contribution in [2.75, 3.05) is 33.2 Å². The number of aromatic nitrogens is 2. The summed E-state index contributed by atoms with van der Waals surface area (Å²) >= 11 is 0. The minimum absolute atomic E-state index is 0.0440. The molecule has 3 heterocycles. The third kappa shape index (κ3) is 3.81. The lowest BCUT2D eigenvalue weighted by molar-refractivity contribution is -0.125. The predicted octanol–water partition coefficient (Wildman–Crippen LogP) is 1.03. The summed E-state index contributed by atoms with van der Waals surface area (Å²) in [5, 5.41) is 6.58. The predicted molar refractivity (Wildman–Crippen MR) is 94.8 cm³/mol. The summed E-state index contributed by atoms with van der Waals surface area (Å²) in [6.45, 7) is 7.01. The molecule has 6 nitrogen and oxygen atoms in total. The fourth-order valence-electron chi connectivity index (χ4n) is 4.32. The molecule has 2 aliphatic rings. The smallest absolute Gasteiger partial charge is 0.237 e. The molecule has 1 aromatic rings. The van der Waals surface area contributed by atoms with E-state index in [1.54, 1.807) is 0 Å². The minimum atomic E-state index is 0.0440. The molecule has 0 bridgehead atoms. The molecular weight excluding hydrogens is 302 g/mol. The number of carbonyl (C=O) groups excluding carboxylic acids is 1. The molecule has 0 radical (unpaired) electrons. The second-order valence-electron chi connectivity index (χ2n) is 7.42. The highest BCUT2D eigenvalue weighted by Gasteiger charge is 2.45. The van der Waals surface area contributed by atoms with Crippen LogP contribution < -0.4 is 10.6 Å². The highest BCUT2D eigenvalue weighted by molar-refractivity contribution is 5.82. The van der Waals surface area contributed by atoms with Gasteiger partial charge in [-0.3, -0.25) is 9.69 Å². The van der Waals surface area contributed by atoms with Gasteiger partial charge < -0.3 is 15.2 Å². The highest BCUT2D eigenvalue weighted by Crippen LogP contribution is 2.41. The van der Waals surface area contributed by atoms with Gasteiger partial charge in [0, 0.05) is 38.4 Å². The molecule has 1 amide bonds. The van der Waals surface area contributed by atoms with Crippen LogP contribution in [0.5, 0.6) is 0 Å². The van der Waals surface area contributed by atoms with E-state index in [1.165, 1.54) is 12.8 Å². The molecule has 134 valence electrons.